The predicted molar refractivity (Wildman–Crippen MR) is 160 cm³/mol. The normalized spacial score (nSPS) is 26.7. The molecule has 198 valence electrons. The lowest BCUT2D eigenvalue weighted by atomic mass is 9.77. The largest absolute Gasteiger partial charge is 0.414 e. The minimum atomic E-state index is -1.92. The van der Waals surface area contributed by atoms with Gasteiger partial charge in [0.2, 0.25) is 0 Å². The Morgan fingerprint density at radius 1 is 1.06 bits per heavy atom. The Kier molecular flexibility index (Phi) is 8.95. The Labute approximate surface area is 223 Å². The molecule has 2 aromatic rings. The van der Waals surface area contributed by atoms with Crippen molar-refractivity contribution in [2.24, 2.45) is 5.92 Å². The summed E-state index contributed by atoms with van der Waals surface area (Å²) in [6.45, 7) is 22.0. The first-order valence-corrected chi connectivity index (χ1v) is 19.9. The van der Waals surface area contributed by atoms with E-state index in [1.165, 1.54) is 18.9 Å². The lowest BCUT2D eigenvalue weighted by Crippen LogP contribution is -2.61. The second-order valence-electron chi connectivity index (χ2n) is 12.8. The van der Waals surface area contributed by atoms with E-state index in [9.17, 15) is 4.79 Å². The maximum Gasteiger partial charge on any atom is 0.192 e. The van der Waals surface area contributed by atoms with E-state index in [0.717, 1.165) is 24.0 Å². The molecule has 2 nitrogen and oxygen atoms in total. The topological polar surface area (TPSA) is 26.3 Å². The van der Waals surface area contributed by atoms with Gasteiger partial charge in [-0.1, -0.05) is 121 Å². The quantitative estimate of drug-likeness (QED) is 0.217. The number of carbonyl (C=O) groups excluding carboxylic acids is 1. The predicted octanol–water partition coefficient (Wildman–Crippen LogP) is 9.65. The van der Waals surface area contributed by atoms with Crippen molar-refractivity contribution in [3.05, 3.63) is 71.8 Å². The molecule has 6 atom stereocenters. The van der Waals surface area contributed by atoms with Gasteiger partial charge in [0.1, 0.15) is 0 Å². The van der Waals surface area contributed by atoms with E-state index in [1.807, 2.05) is 36.4 Å². The molecule has 1 aliphatic rings. The van der Waals surface area contributed by atoms with Crippen molar-refractivity contribution in [1.29, 1.82) is 0 Å². The Balaban J connectivity index is 1.94. The molecule has 5 unspecified atom stereocenters. The van der Waals surface area contributed by atoms with Crippen LogP contribution in [0.25, 0.3) is 0 Å². The summed E-state index contributed by atoms with van der Waals surface area (Å²) in [4.78, 5) is 13.9. The third-order valence-electron chi connectivity index (χ3n) is 10.7. The zero-order valence-electron chi connectivity index (χ0n) is 24.4. The minimum Gasteiger partial charge on any atom is -0.414 e. The average molecular weight is 523 g/mol. The number of ketones is 1. The summed E-state index contributed by atoms with van der Waals surface area (Å²) in [6, 6.07) is 21.6. The summed E-state index contributed by atoms with van der Waals surface area (Å²) in [5.74, 6) is 0.341. The fourth-order valence-corrected chi connectivity index (χ4v) is 16.3. The van der Waals surface area contributed by atoms with Gasteiger partial charge in [-0.2, -0.15) is 0 Å². The van der Waals surface area contributed by atoms with Gasteiger partial charge < -0.3 is 4.43 Å². The molecule has 0 bridgehead atoms. The van der Waals surface area contributed by atoms with Crippen LogP contribution in [0.15, 0.2) is 60.7 Å². The summed E-state index contributed by atoms with van der Waals surface area (Å²) >= 11 is 0. The van der Waals surface area contributed by atoms with Crippen LogP contribution in [-0.2, 0) is 4.43 Å². The lowest BCUT2D eigenvalue weighted by Gasteiger charge is -2.54. The van der Waals surface area contributed by atoms with Crippen molar-refractivity contribution < 1.29 is 9.22 Å². The summed E-state index contributed by atoms with van der Waals surface area (Å²) in [7, 11) is -3.64. The van der Waals surface area contributed by atoms with Gasteiger partial charge in [0.05, 0.1) is 8.07 Å². The molecule has 0 radical (unpaired) electrons. The molecule has 0 N–H and O–H groups in total. The first-order chi connectivity index (χ1) is 16.8. The number of rotatable bonds is 11. The van der Waals surface area contributed by atoms with Crippen LogP contribution in [0.4, 0.5) is 0 Å². The molecule has 0 spiro atoms. The second kappa shape index (κ2) is 11.1. The van der Waals surface area contributed by atoms with Crippen LogP contribution in [0, 0.1) is 5.92 Å². The van der Waals surface area contributed by atoms with E-state index in [1.54, 1.807) is 0 Å². The van der Waals surface area contributed by atoms with Crippen molar-refractivity contribution >= 4 is 22.2 Å². The molecule has 0 amide bonds. The van der Waals surface area contributed by atoms with Gasteiger partial charge >= 0.3 is 0 Å². The van der Waals surface area contributed by atoms with Gasteiger partial charge in [-0.3, -0.25) is 4.79 Å². The van der Waals surface area contributed by atoms with Crippen LogP contribution < -0.4 is 0 Å². The number of hydrogen-bond donors (Lipinski definition) is 0. The minimum absolute atomic E-state index is 0.00638. The number of hydrogen-bond acceptors (Lipinski definition) is 2. The molecule has 4 heteroatoms. The number of Topliss-reactive ketones (excluding diaryl/α,β-unsaturated/α-hetero) is 1. The zero-order chi connectivity index (χ0) is 26.8. The maximum absolute atomic E-state index is 13.9. The van der Waals surface area contributed by atoms with Gasteiger partial charge in [-0.15, -0.1) is 0 Å². The molecule has 2 aromatic carbocycles. The highest BCUT2D eigenvalue weighted by Crippen LogP contribution is 2.58. The molecule has 3 rings (SSSR count). The third-order valence-corrected chi connectivity index (χ3v) is 22.1. The lowest BCUT2D eigenvalue weighted by molar-refractivity contribution is 0.0925. The Hall–Kier alpha value is -1.50. The zero-order valence-corrected chi connectivity index (χ0v) is 26.4. The fourth-order valence-electron chi connectivity index (χ4n) is 6.81. The van der Waals surface area contributed by atoms with Gasteiger partial charge in [-0.05, 0) is 54.4 Å². The maximum atomic E-state index is 13.9. The molecule has 0 aliphatic carbocycles. The summed E-state index contributed by atoms with van der Waals surface area (Å²) in [5, 5.41) is 0.161. The van der Waals surface area contributed by atoms with Crippen molar-refractivity contribution in [3.63, 3.8) is 0 Å². The highest BCUT2D eigenvalue weighted by molar-refractivity contribution is 6.85. The standard InChI is InChI=1S/C32H50O2Si2/c1-10-26(4)36(9)23-22-32(6,34-36)35(7,8)31(5,11-2)24-25(3)29(27-18-14-12-15-19-27)30(33)28-20-16-13-17-21-28/h12-21,25-26,29H,10-11,22-24H2,1-9H3/t25?,26?,29?,31?,32-,36?/m1/s1. The molecular weight excluding hydrogens is 473 g/mol. The van der Waals surface area contributed by atoms with Gasteiger partial charge in [0.25, 0.3) is 0 Å². The number of carbonyl (C=O) groups is 1. The first-order valence-electron chi connectivity index (χ1n) is 14.2. The van der Waals surface area contributed by atoms with Crippen molar-refractivity contribution in [2.45, 2.75) is 115 Å². The van der Waals surface area contributed by atoms with Crippen LogP contribution in [0.1, 0.15) is 89.1 Å². The highest BCUT2D eigenvalue weighted by atomic mass is 28.4. The molecule has 36 heavy (non-hydrogen) atoms. The Morgan fingerprint density at radius 3 is 2.14 bits per heavy atom. The molecule has 1 heterocycles. The van der Waals surface area contributed by atoms with Gasteiger partial charge in [0, 0.05) is 16.7 Å². The van der Waals surface area contributed by atoms with Crippen LogP contribution in [-0.4, -0.2) is 27.4 Å². The molecular formula is C32H50O2Si2. The van der Waals surface area contributed by atoms with Crippen molar-refractivity contribution in [1.82, 2.24) is 0 Å². The summed E-state index contributed by atoms with van der Waals surface area (Å²) in [6.07, 6.45) is 4.58. The summed E-state index contributed by atoms with van der Waals surface area (Å²) in [5.41, 5.74) is 2.65. The smallest absolute Gasteiger partial charge is 0.192 e. The first kappa shape index (κ1) is 29.1. The van der Waals surface area contributed by atoms with E-state index in [-0.39, 0.29) is 27.9 Å². The highest BCUT2D eigenvalue weighted by Gasteiger charge is 2.60. The van der Waals surface area contributed by atoms with E-state index in [2.05, 4.69) is 85.4 Å². The van der Waals surface area contributed by atoms with E-state index in [4.69, 9.17) is 4.43 Å². The SMILES string of the molecule is CCC(C)[Si]1(C)CC[C@@](C)([Si](C)(C)C(C)(CC)CC(C)C(C(=O)c2ccccc2)c2ccccc2)O1. The van der Waals surface area contributed by atoms with Crippen LogP contribution in [0.5, 0.6) is 0 Å². The summed E-state index contributed by atoms with van der Waals surface area (Å²) < 4.78 is 7.28. The fraction of sp³-hybridized carbons (Fsp3) is 0.594. The number of benzene rings is 2. The average Bonchev–Trinajstić information content (AvgIpc) is 3.21. The van der Waals surface area contributed by atoms with Gasteiger partial charge in [-0.25, -0.2) is 0 Å². The molecule has 0 saturated carbocycles. The molecule has 1 fully saturated rings. The van der Waals surface area contributed by atoms with E-state index < -0.39 is 16.4 Å². The van der Waals surface area contributed by atoms with Gasteiger partial charge in [0.15, 0.2) is 14.1 Å². The van der Waals surface area contributed by atoms with E-state index in [0.29, 0.717) is 5.54 Å². The van der Waals surface area contributed by atoms with Crippen LogP contribution in [0.3, 0.4) is 0 Å². The Morgan fingerprint density at radius 2 is 1.61 bits per heavy atom. The van der Waals surface area contributed by atoms with Crippen LogP contribution in [0.2, 0.25) is 36.3 Å². The second-order valence-corrected chi connectivity index (χ2v) is 22.6. The molecule has 1 aliphatic heterocycles. The van der Waals surface area contributed by atoms with Crippen molar-refractivity contribution in [3.8, 4) is 0 Å². The monoisotopic (exact) mass is 522 g/mol. The molecule has 0 aromatic heterocycles. The molecule has 1 saturated heterocycles. The Bertz CT molecular complexity index is 1010. The van der Waals surface area contributed by atoms with Crippen LogP contribution >= 0.6 is 0 Å². The third kappa shape index (κ3) is 5.37. The van der Waals surface area contributed by atoms with E-state index >= 15 is 0 Å². The van der Waals surface area contributed by atoms with Crippen molar-refractivity contribution in [2.75, 3.05) is 0 Å².